The summed E-state index contributed by atoms with van der Waals surface area (Å²) in [7, 11) is 0. The van der Waals surface area contributed by atoms with E-state index in [2.05, 4.69) is 31.2 Å². The van der Waals surface area contributed by atoms with Gasteiger partial charge in [0.05, 0.1) is 0 Å². The lowest BCUT2D eigenvalue weighted by molar-refractivity contribution is -0.137. The van der Waals surface area contributed by atoms with Gasteiger partial charge < -0.3 is 5.11 Å². The molecule has 0 unspecified atom stereocenters. The molecule has 20 heavy (non-hydrogen) atoms. The van der Waals surface area contributed by atoms with E-state index in [4.69, 9.17) is 5.11 Å². The van der Waals surface area contributed by atoms with Gasteiger partial charge in [-0.1, -0.05) is 63.3 Å². The van der Waals surface area contributed by atoms with Crippen molar-refractivity contribution in [2.45, 2.75) is 84.0 Å². The van der Waals surface area contributed by atoms with E-state index in [1.807, 2.05) is 0 Å². The summed E-state index contributed by atoms with van der Waals surface area (Å²) in [4.78, 5) is 10.3. The van der Waals surface area contributed by atoms with E-state index < -0.39 is 5.97 Å². The summed E-state index contributed by atoms with van der Waals surface area (Å²) in [6.07, 6.45) is 22.3. The summed E-state index contributed by atoms with van der Waals surface area (Å²) in [5.41, 5.74) is 0. The molecule has 2 nitrogen and oxygen atoms in total. The van der Waals surface area contributed by atoms with Crippen LogP contribution in [0.3, 0.4) is 0 Å². The summed E-state index contributed by atoms with van der Waals surface area (Å²) in [5.74, 6) is -0.670. The van der Waals surface area contributed by atoms with Crippen molar-refractivity contribution in [1.82, 2.24) is 0 Å². The van der Waals surface area contributed by atoms with Crippen LogP contribution >= 0.6 is 0 Å². The van der Waals surface area contributed by atoms with E-state index in [0.717, 1.165) is 25.7 Å². The molecule has 0 spiro atoms. The quantitative estimate of drug-likeness (QED) is 0.318. The molecule has 1 N–H and O–H groups in total. The van der Waals surface area contributed by atoms with Gasteiger partial charge >= 0.3 is 5.97 Å². The minimum absolute atomic E-state index is 0.325. The van der Waals surface area contributed by atoms with E-state index in [9.17, 15) is 4.79 Å². The van der Waals surface area contributed by atoms with Crippen molar-refractivity contribution >= 4 is 5.97 Å². The first kappa shape index (κ1) is 18.9. The van der Waals surface area contributed by atoms with Crippen molar-refractivity contribution in [2.75, 3.05) is 0 Å². The van der Waals surface area contributed by atoms with Crippen LogP contribution in [0.4, 0.5) is 0 Å². The molecular weight excluding hydrogens is 248 g/mol. The van der Waals surface area contributed by atoms with Crippen molar-refractivity contribution in [3.05, 3.63) is 24.3 Å². The maximum absolute atomic E-state index is 10.3. The average Bonchev–Trinajstić information content (AvgIpc) is 2.43. The Morgan fingerprint density at radius 3 is 1.85 bits per heavy atom. The van der Waals surface area contributed by atoms with Crippen molar-refractivity contribution in [2.24, 2.45) is 0 Å². The molecule has 0 aliphatic carbocycles. The molecule has 0 aromatic heterocycles. The number of unbranched alkanes of at least 4 members (excludes halogenated alkanes) is 8. The molecule has 0 rings (SSSR count). The van der Waals surface area contributed by atoms with Gasteiger partial charge in [-0.2, -0.15) is 0 Å². The molecule has 0 atom stereocenters. The highest BCUT2D eigenvalue weighted by atomic mass is 16.4. The molecule has 0 aromatic carbocycles. The topological polar surface area (TPSA) is 37.3 Å². The SMILES string of the molecule is CCCC/C=C/CC/C=C/CCCCCCCC(=O)O. The van der Waals surface area contributed by atoms with Crippen molar-refractivity contribution in [3.8, 4) is 0 Å². The molecule has 0 saturated carbocycles. The number of hydrogen-bond donors (Lipinski definition) is 1. The molecule has 0 amide bonds. The van der Waals surface area contributed by atoms with Crippen molar-refractivity contribution in [3.63, 3.8) is 0 Å². The Balaban J connectivity index is 3.16. The first-order chi connectivity index (χ1) is 9.77. The number of rotatable bonds is 14. The molecule has 0 saturated heterocycles. The fourth-order valence-electron chi connectivity index (χ4n) is 2.05. The second kappa shape index (κ2) is 16.0. The number of carboxylic acids is 1. The average molecular weight is 280 g/mol. The van der Waals surface area contributed by atoms with E-state index in [0.29, 0.717) is 6.42 Å². The fourth-order valence-corrected chi connectivity index (χ4v) is 2.05. The van der Waals surface area contributed by atoms with Crippen LogP contribution in [0.1, 0.15) is 84.0 Å². The number of allylic oxidation sites excluding steroid dienone is 4. The van der Waals surface area contributed by atoms with Gasteiger partial charge in [-0.25, -0.2) is 0 Å². The maximum atomic E-state index is 10.3. The summed E-state index contributed by atoms with van der Waals surface area (Å²) in [5, 5.41) is 8.50. The zero-order valence-electron chi connectivity index (χ0n) is 13.2. The zero-order valence-corrected chi connectivity index (χ0v) is 13.2. The third kappa shape index (κ3) is 16.9. The van der Waals surface area contributed by atoms with Gasteiger partial charge in [0.2, 0.25) is 0 Å². The maximum Gasteiger partial charge on any atom is 0.303 e. The number of hydrogen-bond acceptors (Lipinski definition) is 1. The standard InChI is InChI=1S/C18H32O2/c1-2-3-4-5-6-7-8-9-10-11-12-13-14-15-16-17-18(19)20/h5-6,9-10H,2-4,7-8,11-17H2,1H3,(H,19,20)/b6-5+,10-9+. The number of carboxylic acid groups (broad SMARTS) is 1. The van der Waals surface area contributed by atoms with Crippen LogP contribution in [0.5, 0.6) is 0 Å². The van der Waals surface area contributed by atoms with E-state index in [1.165, 1.54) is 44.9 Å². The zero-order chi connectivity index (χ0) is 14.9. The lowest BCUT2D eigenvalue weighted by Gasteiger charge is -1.98. The molecular formula is C18H32O2. The fraction of sp³-hybridized carbons (Fsp3) is 0.722. The minimum atomic E-state index is -0.670. The molecule has 0 aromatic rings. The first-order valence-electron chi connectivity index (χ1n) is 8.29. The smallest absolute Gasteiger partial charge is 0.303 e. The second-order valence-corrected chi connectivity index (χ2v) is 5.36. The summed E-state index contributed by atoms with van der Waals surface area (Å²) < 4.78 is 0. The summed E-state index contributed by atoms with van der Waals surface area (Å²) in [6.45, 7) is 2.22. The molecule has 2 heteroatoms. The number of carbonyl (C=O) groups is 1. The second-order valence-electron chi connectivity index (χ2n) is 5.36. The lowest BCUT2D eigenvalue weighted by Crippen LogP contribution is -1.93. The Morgan fingerprint density at radius 2 is 1.25 bits per heavy atom. The summed E-state index contributed by atoms with van der Waals surface area (Å²) >= 11 is 0. The van der Waals surface area contributed by atoms with Crippen LogP contribution in [-0.2, 0) is 4.79 Å². The van der Waals surface area contributed by atoms with Crippen LogP contribution in [0.25, 0.3) is 0 Å². The molecule has 0 aliphatic rings. The molecule has 0 aliphatic heterocycles. The first-order valence-corrected chi connectivity index (χ1v) is 8.29. The highest BCUT2D eigenvalue weighted by molar-refractivity contribution is 5.66. The Kier molecular flexibility index (Phi) is 15.2. The van der Waals surface area contributed by atoms with Crippen LogP contribution < -0.4 is 0 Å². The molecule has 0 fully saturated rings. The van der Waals surface area contributed by atoms with E-state index in [1.54, 1.807) is 0 Å². The Morgan fingerprint density at radius 1 is 0.750 bits per heavy atom. The van der Waals surface area contributed by atoms with Crippen LogP contribution in [0, 0.1) is 0 Å². The van der Waals surface area contributed by atoms with E-state index in [-0.39, 0.29) is 0 Å². The Hall–Kier alpha value is -1.05. The minimum Gasteiger partial charge on any atom is -0.481 e. The predicted octanol–water partition coefficient (Wildman–Crippen LogP) is 5.88. The van der Waals surface area contributed by atoms with E-state index >= 15 is 0 Å². The van der Waals surface area contributed by atoms with Gasteiger partial charge in [0, 0.05) is 6.42 Å². The van der Waals surface area contributed by atoms with Crippen LogP contribution in [0.15, 0.2) is 24.3 Å². The highest BCUT2D eigenvalue weighted by Crippen LogP contribution is 2.08. The van der Waals surface area contributed by atoms with Crippen molar-refractivity contribution < 1.29 is 9.90 Å². The van der Waals surface area contributed by atoms with Crippen LogP contribution in [0.2, 0.25) is 0 Å². The lowest BCUT2D eigenvalue weighted by atomic mass is 10.1. The third-order valence-electron chi connectivity index (χ3n) is 3.32. The largest absolute Gasteiger partial charge is 0.481 e. The van der Waals surface area contributed by atoms with Gasteiger partial charge in [-0.05, 0) is 38.5 Å². The highest BCUT2D eigenvalue weighted by Gasteiger charge is 1.95. The monoisotopic (exact) mass is 280 g/mol. The third-order valence-corrected chi connectivity index (χ3v) is 3.32. The summed E-state index contributed by atoms with van der Waals surface area (Å²) in [6, 6.07) is 0. The van der Waals surface area contributed by atoms with Gasteiger partial charge in [0.1, 0.15) is 0 Å². The van der Waals surface area contributed by atoms with Gasteiger partial charge in [0.25, 0.3) is 0 Å². The molecule has 0 bridgehead atoms. The Labute approximate surface area is 125 Å². The van der Waals surface area contributed by atoms with Gasteiger partial charge in [-0.15, -0.1) is 0 Å². The normalized spacial score (nSPS) is 11.7. The molecule has 0 heterocycles. The molecule has 0 radical (unpaired) electrons. The van der Waals surface area contributed by atoms with Crippen molar-refractivity contribution in [1.29, 1.82) is 0 Å². The number of aliphatic carboxylic acids is 1. The van der Waals surface area contributed by atoms with Gasteiger partial charge in [0.15, 0.2) is 0 Å². The van der Waals surface area contributed by atoms with Crippen LogP contribution in [-0.4, -0.2) is 11.1 Å². The Bertz CT molecular complexity index is 267. The van der Waals surface area contributed by atoms with Gasteiger partial charge in [-0.3, -0.25) is 4.79 Å². The predicted molar refractivity (Wildman–Crippen MR) is 87.0 cm³/mol. The molecule has 116 valence electrons.